The molecule has 3 aliphatic heterocycles. The minimum absolute atomic E-state index is 0.126. The molecule has 0 bridgehead atoms. The van der Waals surface area contributed by atoms with Gasteiger partial charge in [0, 0.05) is 73.7 Å². The second-order valence-electron chi connectivity index (χ2n) is 14.4. The van der Waals surface area contributed by atoms with Crippen molar-refractivity contribution in [3.8, 4) is 11.4 Å². The molecular formula is C41H47Cl2N7O6. The Kier molecular flexibility index (Phi) is 12.0. The minimum atomic E-state index is -1.10. The quantitative estimate of drug-likeness (QED) is 0.116. The Labute approximate surface area is 336 Å². The number of piperazine rings is 1. The first-order valence-electron chi connectivity index (χ1n) is 19.3. The normalized spacial score (nSPS) is 21.5. The second kappa shape index (κ2) is 17.4. The topological polar surface area (TPSA) is 110 Å². The second-order valence-corrected chi connectivity index (χ2v) is 15.2. The van der Waals surface area contributed by atoms with Crippen molar-refractivity contribution in [3.05, 3.63) is 117 Å². The molecule has 0 radical (unpaired) electrons. The van der Waals surface area contributed by atoms with Crippen LogP contribution >= 0.6 is 23.2 Å². The zero-order valence-electron chi connectivity index (χ0n) is 31.5. The number of anilines is 2. The molecule has 0 saturated carbocycles. The van der Waals surface area contributed by atoms with Gasteiger partial charge < -0.3 is 38.1 Å². The van der Waals surface area contributed by atoms with Crippen LogP contribution in [0.5, 0.6) is 5.75 Å². The van der Waals surface area contributed by atoms with Crippen LogP contribution in [0.15, 0.2) is 90.2 Å². The van der Waals surface area contributed by atoms with Crippen LogP contribution in [0.25, 0.3) is 5.69 Å². The standard InChI is InChI=1S/C41H47Cl2N7O6/c1-30-45-49(17-4-24-53-39-5-2-3-23-52-39)40(51)50(30)34-9-7-32(8-10-34)47-19-21-48(22-20-47)33-11-13-35(14-12-33)54-26-36-27-55-41(56-36,28-46-18-16-44-29-46)37-15-6-31(42)25-38(37)43/h6-16,18,25,29,36,39H,2-5,17,19-24,26-28H2,1H3/t36-,39?,41-/m1/s1. The molecule has 56 heavy (non-hydrogen) atoms. The first-order valence-corrected chi connectivity index (χ1v) is 20.1. The third-order valence-corrected chi connectivity index (χ3v) is 11.0. The Hall–Kier alpha value is -4.37. The lowest BCUT2D eigenvalue weighted by Crippen LogP contribution is -2.46. The zero-order chi connectivity index (χ0) is 38.5. The number of nitrogens with zero attached hydrogens (tertiary/aromatic N) is 7. The molecule has 2 aromatic heterocycles. The molecule has 296 valence electrons. The van der Waals surface area contributed by atoms with Crippen molar-refractivity contribution in [2.45, 2.75) is 63.9 Å². The molecule has 13 nitrogen and oxygen atoms in total. The van der Waals surface area contributed by atoms with E-state index in [2.05, 4.69) is 44.1 Å². The maximum Gasteiger partial charge on any atom is 0.350 e. The lowest BCUT2D eigenvalue weighted by molar-refractivity contribution is -0.189. The van der Waals surface area contributed by atoms with Crippen molar-refractivity contribution >= 4 is 34.6 Å². The van der Waals surface area contributed by atoms with Gasteiger partial charge in [-0.25, -0.2) is 19.0 Å². The summed E-state index contributed by atoms with van der Waals surface area (Å²) in [6, 6.07) is 21.7. The molecule has 1 unspecified atom stereocenters. The highest BCUT2D eigenvalue weighted by atomic mass is 35.5. The van der Waals surface area contributed by atoms with Gasteiger partial charge in [0.1, 0.15) is 24.3 Å². The maximum absolute atomic E-state index is 13.3. The molecule has 0 aliphatic carbocycles. The molecule has 3 aliphatic rings. The Morgan fingerprint density at radius 1 is 0.929 bits per heavy atom. The zero-order valence-corrected chi connectivity index (χ0v) is 33.0. The van der Waals surface area contributed by atoms with Gasteiger partial charge in [0.2, 0.25) is 5.79 Å². The molecule has 5 aromatic rings. The van der Waals surface area contributed by atoms with E-state index in [4.69, 9.17) is 46.9 Å². The average molecular weight is 805 g/mol. The largest absolute Gasteiger partial charge is 0.491 e. The van der Waals surface area contributed by atoms with Gasteiger partial charge in [0.05, 0.1) is 36.8 Å². The minimum Gasteiger partial charge on any atom is -0.491 e. The van der Waals surface area contributed by atoms with E-state index in [1.165, 1.54) is 4.68 Å². The summed E-state index contributed by atoms with van der Waals surface area (Å²) >= 11 is 12.8. The number of halogens is 2. The summed E-state index contributed by atoms with van der Waals surface area (Å²) in [4.78, 5) is 22.2. The summed E-state index contributed by atoms with van der Waals surface area (Å²) in [7, 11) is 0. The number of aromatic nitrogens is 5. The highest BCUT2D eigenvalue weighted by Gasteiger charge is 2.45. The maximum atomic E-state index is 13.3. The number of imidazole rings is 1. The fourth-order valence-corrected chi connectivity index (χ4v) is 8.14. The highest BCUT2D eigenvalue weighted by molar-refractivity contribution is 6.35. The van der Waals surface area contributed by atoms with Gasteiger partial charge in [-0.3, -0.25) is 0 Å². The van der Waals surface area contributed by atoms with E-state index in [0.717, 1.165) is 74.9 Å². The van der Waals surface area contributed by atoms with E-state index < -0.39 is 5.79 Å². The summed E-state index contributed by atoms with van der Waals surface area (Å²) in [6.07, 6.45) is 8.70. The summed E-state index contributed by atoms with van der Waals surface area (Å²) in [5, 5.41) is 5.53. The molecular weight excluding hydrogens is 757 g/mol. The van der Waals surface area contributed by atoms with Crippen LogP contribution in [0.1, 0.15) is 37.1 Å². The third-order valence-electron chi connectivity index (χ3n) is 10.5. The van der Waals surface area contributed by atoms with Crippen molar-refractivity contribution in [3.63, 3.8) is 0 Å². The fraction of sp³-hybridized carbons (Fsp3) is 0.439. The fourth-order valence-electron chi connectivity index (χ4n) is 7.58. The molecule has 0 amide bonds. The van der Waals surface area contributed by atoms with Crippen LogP contribution in [-0.2, 0) is 37.8 Å². The van der Waals surface area contributed by atoms with Crippen molar-refractivity contribution in [1.82, 2.24) is 23.9 Å². The van der Waals surface area contributed by atoms with E-state index >= 15 is 0 Å². The summed E-state index contributed by atoms with van der Waals surface area (Å²) < 4.78 is 35.6. The number of hydrogen-bond donors (Lipinski definition) is 0. The van der Waals surface area contributed by atoms with Crippen LogP contribution < -0.4 is 20.2 Å². The van der Waals surface area contributed by atoms with Gasteiger partial charge in [0.15, 0.2) is 6.29 Å². The lowest BCUT2D eigenvalue weighted by Gasteiger charge is -2.37. The lowest BCUT2D eigenvalue weighted by atomic mass is 10.1. The molecule has 5 heterocycles. The van der Waals surface area contributed by atoms with Gasteiger partial charge in [-0.1, -0.05) is 29.3 Å². The van der Waals surface area contributed by atoms with Gasteiger partial charge in [-0.05, 0) is 93.3 Å². The Balaban J connectivity index is 0.813. The number of hydrogen-bond acceptors (Lipinski definition) is 10. The molecule has 3 fully saturated rings. The Bertz CT molecular complexity index is 2100. The van der Waals surface area contributed by atoms with E-state index in [-0.39, 0.29) is 18.1 Å². The molecule has 15 heteroatoms. The van der Waals surface area contributed by atoms with E-state index in [1.54, 1.807) is 29.2 Å². The van der Waals surface area contributed by atoms with Crippen LogP contribution in [-0.4, -0.2) is 88.9 Å². The van der Waals surface area contributed by atoms with Crippen molar-refractivity contribution in [2.24, 2.45) is 0 Å². The van der Waals surface area contributed by atoms with Gasteiger partial charge in [-0.15, -0.1) is 0 Å². The first kappa shape index (κ1) is 38.5. The Morgan fingerprint density at radius 2 is 1.66 bits per heavy atom. The molecule has 3 saturated heterocycles. The van der Waals surface area contributed by atoms with E-state index in [0.29, 0.717) is 60.8 Å². The van der Waals surface area contributed by atoms with Gasteiger partial charge in [0.25, 0.3) is 0 Å². The summed E-state index contributed by atoms with van der Waals surface area (Å²) in [5.74, 6) is 0.313. The van der Waals surface area contributed by atoms with Crippen LogP contribution in [0, 0.1) is 6.92 Å². The number of ether oxygens (including phenoxy) is 5. The number of aryl methyl sites for hydroxylation is 2. The van der Waals surface area contributed by atoms with Gasteiger partial charge >= 0.3 is 5.69 Å². The van der Waals surface area contributed by atoms with Crippen molar-refractivity contribution < 1.29 is 23.7 Å². The highest BCUT2D eigenvalue weighted by Crippen LogP contribution is 2.40. The van der Waals surface area contributed by atoms with Crippen molar-refractivity contribution in [2.75, 3.05) is 62.4 Å². The number of benzene rings is 3. The SMILES string of the molecule is Cc1nn(CCCOC2CCCCO2)c(=O)n1-c1ccc(N2CCN(c3ccc(OC[C@@H]4CO[C@@](Cn5ccnc5)(c5ccc(Cl)cc5Cl)O4)cc3)CC2)cc1. The molecule has 0 spiro atoms. The monoisotopic (exact) mass is 803 g/mol. The van der Waals surface area contributed by atoms with Crippen molar-refractivity contribution in [1.29, 1.82) is 0 Å². The van der Waals surface area contributed by atoms with Gasteiger partial charge in [-0.2, -0.15) is 5.10 Å². The molecule has 0 N–H and O–H groups in total. The first-order chi connectivity index (χ1) is 27.3. The average Bonchev–Trinajstić information content (AvgIpc) is 3.96. The van der Waals surface area contributed by atoms with E-state index in [1.807, 2.05) is 48.0 Å². The predicted molar refractivity (Wildman–Crippen MR) is 214 cm³/mol. The third kappa shape index (κ3) is 8.78. The number of rotatable bonds is 14. The Morgan fingerprint density at radius 3 is 2.34 bits per heavy atom. The molecule has 8 rings (SSSR count). The summed E-state index contributed by atoms with van der Waals surface area (Å²) in [5.41, 5.74) is 3.64. The molecule has 3 aromatic carbocycles. The summed E-state index contributed by atoms with van der Waals surface area (Å²) in [6.45, 7) is 8.20. The van der Waals surface area contributed by atoms with Crippen LogP contribution in [0.4, 0.5) is 11.4 Å². The van der Waals surface area contributed by atoms with E-state index in [9.17, 15) is 4.79 Å². The van der Waals surface area contributed by atoms with Crippen LogP contribution in [0.3, 0.4) is 0 Å². The van der Waals surface area contributed by atoms with Crippen LogP contribution in [0.2, 0.25) is 10.0 Å². The molecule has 3 atom stereocenters. The smallest absolute Gasteiger partial charge is 0.350 e. The predicted octanol–water partition coefficient (Wildman–Crippen LogP) is 6.45.